The number of ether oxygens (including phenoxy) is 1. The monoisotopic (exact) mass is 623 g/mol. The average Bonchev–Trinajstić information content (AvgIpc) is 3.63. The Bertz CT molecular complexity index is 1860. The number of imide groups is 1. The maximum Gasteiger partial charge on any atom is 0.329 e. The van der Waals surface area contributed by atoms with Gasteiger partial charge in [0, 0.05) is 22.0 Å². The number of carbonyl (C=O) groups is 4. The van der Waals surface area contributed by atoms with Gasteiger partial charge in [0.2, 0.25) is 5.91 Å². The summed E-state index contributed by atoms with van der Waals surface area (Å²) in [5, 5.41) is 9.21. The fraction of sp³-hybridized carbons (Fsp3) is 0.235. The highest BCUT2D eigenvalue weighted by Crippen LogP contribution is 2.39. The minimum absolute atomic E-state index is 0.0675. The average molecular weight is 624 g/mol. The summed E-state index contributed by atoms with van der Waals surface area (Å²) < 4.78 is 7.31. The molecule has 1 saturated heterocycles. The lowest BCUT2D eigenvalue weighted by atomic mass is 9.95. The van der Waals surface area contributed by atoms with Crippen molar-refractivity contribution < 1.29 is 23.9 Å². The van der Waals surface area contributed by atoms with Crippen molar-refractivity contribution in [2.24, 2.45) is 0 Å². The summed E-state index contributed by atoms with van der Waals surface area (Å²) in [6.07, 6.45) is 5.52. The van der Waals surface area contributed by atoms with Crippen LogP contribution >= 0.6 is 11.3 Å². The van der Waals surface area contributed by atoms with Crippen molar-refractivity contribution in [3.05, 3.63) is 99.3 Å². The third-order valence-electron chi connectivity index (χ3n) is 8.03. The number of rotatable bonds is 8. The zero-order chi connectivity index (χ0) is 31.7. The molecular formula is C34H33N5O5S. The number of benzene rings is 2. The number of para-hydroxylation sites is 3. The zero-order valence-electron chi connectivity index (χ0n) is 25.2. The second-order valence-electron chi connectivity index (χ2n) is 11.0. The predicted molar refractivity (Wildman–Crippen MR) is 174 cm³/mol. The lowest BCUT2D eigenvalue weighted by Crippen LogP contribution is -2.38. The number of fused-ring (bicyclic) bond motifs is 1. The fourth-order valence-corrected chi connectivity index (χ4v) is 7.35. The Labute approximate surface area is 264 Å². The van der Waals surface area contributed by atoms with Crippen molar-refractivity contribution in [3.8, 4) is 10.8 Å². The van der Waals surface area contributed by atoms with Gasteiger partial charge in [0.1, 0.15) is 23.0 Å². The molecule has 2 aromatic carbocycles. The van der Waals surface area contributed by atoms with E-state index in [1.807, 2.05) is 50.2 Å². The molecule has 2 aromatic heterocycles. The highest BCUT2D eigenvalue weighted by molar-refractivity contribution is 7.15. The molecule has 3 heterocycles. The molecule has 1 aliphatic heterocycles. The number of urea groups is 1. The van der Waals surface area contributed by atoms with Crippen LogP contribution in [-0.2, 0) is 22.4 Å². The maximum atomic E-state index is 13.7. The smallest absolute Gasteiger partial charge is 0.329 e. The van der Waals surface area contributed by atoms with Crippen LogP contribution in [0.4, 0.5) is 16.2 Å². The first-order valence-electron chi connectivity index (χ1n) is 14.7. The molecule has 2 aliphatic rings. The number of methoxy groups -OCH3 is 1. The van der Waals surface area contributed by atoms with E-state index in [0.29, 0.717) is 17.0 Å². The molecule has 0 bridgehead atoms. The van der Waals surface area contributed by atoms with Crippen LogP contribution in [0.1, 0.15) is 50.6 Å². The van der Waals surface area contributed by atoms with Crippen LogP contribution < -0.4 is 20.7 Å². The van der Waals surface area contributed by atoms with Gasteiger partial charge in [-0.2, -0.15) is 0 Å². The van der Waals surface area contributed by atoms with Gasteiger partial charge in [-0.05, 0) is 87.1 Å². The van der Waals surface area contributed by atoms with E-state index in [1.54, 1.807) is 41.7 Å². The number of carbonyl (C=O) groups excluding carboxylic acids is 4. The molecule has 11 heteroatoms. The Balaban J connectivity index is 1.27. The molecule has 0 atom stereocenters. The van der Waals surface area contributed by atoms with E-state index in [4.69, 9.17) is 4.74 Å². The Morgan fingerprint density at radius 3 is 2.51 bits per heavy atom. The second-order valence-corrected chi connectivity index (χ2v) is 12.1. The minimum Gasteiger partial charge on any atom is -0.495 e. The first kappa shape index (κ1) is 29.9. The summed E-state index contributed by atoms with van der Waals surface area (Å²) in [6, 6.07) is 17.5. The van der Waals surface area contributed by atoms with Gasteiger partial charge in [-0.25, -0.2) is 9.69 Å². The molecule has 0 radical (unpaired) electrons. The number of hydrogen-bond donors (Lipinski definition) is 3. The Kier molecular flexibility index (Phi) is 8.27. The lowest BCUT2D eigenvalue weighted by Gasteiger charge is -2.14. The Morgan fingerprint density at radius 2 is 1.73 bits per heavy atom. The van der Waals surface area contributed by atoms with E-state index in [1.165, 1.54) is 12.0 Å². The van der Waals surface area contributed by atoms with Crippen LogP contribution in [0.5, 0.6) is 5.75 Å². The zero-order valence-corrected chi connectivity index (χ0v) is 26.0. The van der Waals surface area contributed by atoms with Crippen molar-refractivity contribution in [1.29, 1.82) is 0 Å². The molecule has 0 saturated carbocycles. The normalized spacial score (nSPS) is 15.2. The number of aryl methyl sites for hydroxylation is 2. The Hall–Kier alpha value is -5.16. The molecule has 3 N–H and O–H groups in total. The van der Waals surface area contributed by atoms with Crippen molar-refractivity contribution in [1.82, 2.24) is 14.8 Å². The van der Waals surface area contributed by atoms with E-state index in [-0.39, 0.29) is 11.6 Å². The van der Waals surface area contributed by atoms with E-state index >= 15 is 0 Å². The molecule has 5 amide bonds. The fourth-order valence-electron chi connectivity index (χ4n) is 5.86. The number of amides is 5. The number of aromatic nitrogens is 1. The largest absolute Gasteiger partial charge is 0.495 e. The molecule has 1 aliphatic carbocycles. The third kappa shape index (κ3) is 5.86. The standard InChI is InChI=1S/C34H33N5O5S/c1-20-17-22(18-26-32(42)38(34(43)37-26)19-29(40)36-25-14-8-9-15-27(25)44-3)21(2)39(20)33-30(24-13-7-10-16-28(24)45-33)31(41)35-23-11-5-4-6-12-23/h4-6,8-9,11-12,14-15,17-18H,7,10,13,16,19H2,1-3H3,(H,35,41)(H,36,40)(H,37,43)/b26-18+. The van der Waals surface area contributed by atoms with Gasteiger partial charge >= 0.3 is 6.03 Å². The molecule has 45 heavy (non-hydrogen) atoms. The minimum atomic E-state index is -0.680. The van der Waals surface area contributed by atoms with Crippen LogP contribution in [-0.4, -0.2) is 46.9 Å². The molecule has 6 rings (SSSR count). The van der Waals surface area contributed by atoms with Gasteiger partial charge in [-0.15, -0.1) is 11.3 Å². The molecule has 0 spiro atoms. The van der Waals surface area contributed by atoms with E-state index < -0.39 is 24.4 Å². The van der Waals surface area contributed by atoms with Gasteiger partial charge < -0.3 is 25.3 Å². The highest BCUT2D eigenvalue weighted by atomic mass is 32.1. The van der Waals surface area contributed by atoms with Gasteiger partial charge in [-0.3, -0.25) is 14.4 Å². The van der Waals surface area contributed by atoms with Gasteiger partial charge in [0.25, 0.3) is 11.8 Å². The second kappa shape index (κ2) is 12.4. The van der Waals surface area contributed by atoms with Crippen LogP contribution in [0.3, 0.4) is 0 Å². The SMILES string of the molecule is COc1ccccc1NC(=O)CN1C(=O)N/C(=C/c2cc(C)n(-c3sc4c(c3C(=O)Nc3ccccc3)CCCC4)c2C)C1=O. The third-order valence-corrected chi connectivity index (χ3v) is 9.31. The first-order chi connectivity index (χ1) is 21.7. The predicted octanol–water partition coefficient (Wildman–Crippen LogP) is 5.83. The summed E-state index contributed by atoms with van der Waals surface area (Å²) in [5.41, 5.74) is 5.44. The van der Waals surface area contributed by atoms with E-state index in [9.17, 15) is 19.2 Å². The summed E-state index contributed by atoms with van der Waals surface area (Å²) in [4.78, 5) is 54.6. The topological polar surface area (TPSA) is 122 Å². The summed E-state index contributed by atoms with van der Waals surface area (Å²) in [7, 11) is 1.49. The van der Waals surface area contributed by atoms with Gasteiger partial charge in [0.15, 0.2) is 0 Å². The lowest BCUT2D eigenvalue weighted by molar-refractivity contribution is -0.127. The van der Waals surface area contributed by atoms with E-state index in [2.05, 4.69) is 20.5 Å². The van der Waals surface area contributed by atoms with Crippen LogP contribution in [0.15, 0.2) is 66.4 Å². The van der Waals surface area contributed by atoms with Gasteiger partial charge in [-0.1, -0.05) is 30.3 Å². The molecule has 0 unspecified atom stereocenters. The molecule has 1 fully saturated rings. The van der Waals surface area contributed by atoms with Crippen LogP contribution in [0, 0.1) is 13.8 Å². The van der Waals surface area contributed by atoms with Crippen LogP contribution in [0.2, 0.25) is 0 Å². The molecular weight excluding hydrogens is 590 g/mol. The number of nitrogens with zero attached hydrogens (tertiary/aromatic N) is 2. The van der Waals surface area contributed by atoms with E-state index in [0.717, 1.165) is 63.8 Å². The maximum absolute atomic E-state index is 13.7. The first-order valence-corrected chi connectivity index (χ1v) is 15.5. The van der Waals surface area contributed by atoms with Crippen molar-refractivity contribution in [3.63, 3.8) is 0 Å². The summed E-state index contributed by atoms with van der Waals surface area (Å²) in [5.74, 6) is -0.825. The Morgan fingerprint density at radius 1 is 1.00 bits per heavy atom. The van der Waals surface area contributed by atoms with Crippen molar-refractivity contribution >= 4 is 52.5 Å². The van der Waals surface area contributed by atoms with Gasteiger partial charge in [0.05, 0.1) is 18.4 Å². The molecule has 230 valence electrons. The molecule has 4 aromatic rings. The number of hydrogen-bond acceptors (Lipinski definition) is 6. The highest BCUT2D eigenvalue weighted by Gasteiger charge is 2.35. The van der Waals surface area contributed by atoms with Crippen molar-refractivity contribution in [2.75, 3.05) is 24.3 Å². The van der Waals surface area contributed by atoms with Crippen LogP contribution in [0.25, 0.3) is 11.1 Å². The van der Waals surface area contributed by atoms with Crippen molar-refractivity contribution in [2.45, 2.75) is 39.5 Å². The number of nitrogens with one attached hydrogen (secondary N) is 3. The molecule has 10 nitrogen and oxygen atoms in total. The number of thiophene rings is 1. The number of anilines is 2. The summed E-state index contributed by atoms with van der Waals surface area (Å²) in [6.45, 7) is 3.42. The summed E-state index contributed by atoms with van der Waals surface area (Å²) >= 11 is 1.63. The quantitative estimate of drug-likeness (QED) is 0.169.